The number of H-pyrrole nitrogens is 1. The second kappa shape index (κ2) is 5.59. The van der Waals surface area contributed by atoms with E-state index < -0.39 is 5.92 Å². The molecule has 0 bridgehead atoms. The molecule has 0 saturated carbocycles. The molecule has 0 fully saturated rings. The summed E-state index contributed by atoms with van der Waals surface area (Å²) in [5, 5.41) is 19.5. The fraction of sp³-hybridized carbons (Fsp3) is 0.375. The van der Waals surface area contributed by atoms with E-state index >= 15 is 0 Å². The predicted octanol–water partition coefficient (Wildman–Crippen LogP) is 3.96. The molecule has 0 aliphatic rings. The number of benzene rings is 1. The standard InChI is InChI=1S/C16H17N3/c1-11(2)7-14(12(8-17)9-18)15-10-19-16-6-4-3-5-13(15)16/h3-6,10-12,14,19H,7H2,1-2H3. The summed E-state index contributed by atoms with van der Waals surface area (Å²) in [5.74, 6) is -0.185. The lowest BCUT2D eigenvalue weighted by Crippen LogP contribution is -2.12. The van der Waals surface area contributed by atoms with Gasteiger partial charge in [0.15, 0.2) is 0 Å². The predicted molar refractivity (Wildman–Crippen MR) is 75.2 cm³/mol. The zero-order chi connectivity index (χ0) is 13.8. The van der Waals surface area contributed by atoms with Crippen LogP contribution in [0.2, 0.25) is 0 Å². The van der Waals surface area contributed by atoms with Crippen molar-refractivity contribution in [2.24, 2.45) is 11.8 Å². The van der Waals surface area contributed by atoms with E-state index in [2.05, 4.69) is 31.0 Å². The van der Waals surface area contributed by atoms with Crippen molar-refractivity contribution in [1.82, 2.24) is 4.98 Å². The Morgan fingerprint density at radius 1 is 1.16 bits per heavy atom. The van der Waals surface area contributed by atoms with Crippen LogP contribution in [0.15, 0.2) is 30.5 Å². The Labute approximate surface area is 113 Å². The Balaban J connectivity index is 2.49. The number of aromatic nitrogens is 1. The molecular formula is C16H17N3. The maximum absolute atomic E-state index is 9.20. The highest BCUT2D eigenvalue weighted by atomic mass is 14.7. The number of para-hydroxylation sites is 1. The number of nitrogens with one attached hydrogen (secondary N) is 1. The number of hydrogen-bond acceptors (Lipinski definition) is 2. The summed E-state index contributed by atoms with van der Waals surface area (Å²) < 4.78 is 0. The molecule has 2 aromatic rings. The Morgan fingerprint density at radius 2 is 1.84 bits per heavy atom. The van der Waals surface area contributed by atoms with Crippen LogP contribution in [0, 0.1) is 34.5 Å². The quantitative estimate of drug-likeness (QED) is 0.893. The van der Waals surface area contributed by atoms with Gasteiger partial charge in [-0.1, -0.05) is 32.0 Å². The van der Waals surface area contributed by atoms with Gasteiger partial charge in [-0.2, -0.15) is 10.5 Å². The van der Waals surface area contributed by atoms with Crippen molar-refractivity contribution in [1.29, 1.82) is 10.5 Å². The van der Waals surface area contributed by atoms with Gasteiger partial charge in [-0.3, -0.25) is 0 Å². The topological polar surface area (TPSA) is 63.4 Å². The highest BCUT2D eigenvalue weighted by molar-refractivity contribution is 5.83. The molecule has 0 aliphatic heterocycles. The van der Waals surface area contributed by atoms with Crippen LogP contribution >= 0.6 is 0 Å². The number of fused-ring (bicyclic) bond motifs is 1. The van der Waals surface area contributed by atoms with E-state index in [0.29, 0.717) is 5.92 Å². The van der Waals surface area contributed by atoms with Crippen LogP contribution in [0.5, 0.6) is 0 Å². The molecule has 1 atom stereocenters. The summed E-state index contributed by atoms with van der Waals surface area (Å²) in [5.41, 5.74) is 2.14. The van der Waals surface area contributed by atoms with E-state index in [1.165, 1.54) is 0 Å². The first-order valence-electron chi connectivity index (χ1n) is 6.52. The average Bonchev–Trinajstić information content (AvgIpc) is 2.82. The minimum Gasteiger partial charge on any atom is -0.361 e. The molecule has 1 heterocycles. The van der Waals surface area contributed by atoms with E-state index in [1.807, 2.05) is 30.5 Å². The minimum absolute atomic E-state index is 0.0360. The highest BCUT2D eigenvalue weighted by Gasteiger charge is 2.26. The number of aromatic amines is 1. The molecule has 0 aliphatic carbocycles. The van der Waals surface area contributed by atoms with Gasteiger partial charge < -0.3 is 4.98 Å². The van der Waals surface area contributed by atoms with Crippen molar-refractivity contribution in [2.75, 3.05) is 0 Å². The van der Waals surface area contributed by atoms with Gasteiger partial charge in [-0.15, -0.1) is 0 Å². The number of rotatable bonds is 4. The van der Waals surface area contributed by atoms with Crippen LogP contribution < -0.4 is 0 Å². The van der Waals surface area contributed by atoms with Gasteiger partial charge in [0.1, 0.15) is 5.92 Å². The largest absolute Gasteiger partial charge is 0.361 e. The molecule has 1 unspecified atom stereocenters. The van der Waals surface area contributed by atoms with Crippen molar-refractivity contribution in [2.45, 2.75) is 26.2 Å². The lowest BCUT2D eigenvalue weighted by Gasteiger charge is -2.19. The average molecular weight is 251 g/mol. The minimum atomic E-state index is -0.596. The summed E-state index contributed by atoms with van der Waals surface area (Å²) in [6, 6.07) is 12.3. The van der Waals surface area contributed by atoms with Gasteiger partial charge >= 0.3 is 0 Å². The third-order valence-corrected chi connectivity index (χ3v) is 3.43. The Bertz CT molecular complexity index is 626. The summed E-state index contributed by atoms with van der Waals surface area (Å²) in [6.07, 6.45) is 2.78. The molecule has 0 saturated heterocycles. The van der Waals surface area contributed by atoms with Gasteiger partial charge in [0, 0.05) is 23.0 Å². The van der Waals surface area contributed by atoms with Gasteiger partial charge in [0.25, 0.3) is 0 Å². The van der Waals surface area contributed by atoms with E-state index in [4.69, 9.17) is 0 Å². The molecule has 1 aromatic carbocycles. The second-order valence-electron chi connectivity index (χ2n) is 5.26. The molecule has 96 valence electrons. The van der Waals surface area contributed by atoms with Crippen LogP contribution in [-0.4, -0.2) is 4.98 Å². The van der Waals surface area contributed by atoms with Gasteiger partial charge in [-0.25, -0.2) is 0 Å². The smallest absolute Gasteiger partial charge is 0.140 e. The van der Waals surface area contributed by atoms with E-state index in [-0.39, 0.29) is 5.92 Å². The number of nitriles is 2. The molecule has 3 nitrogen and oxygen atoms in total. The van der Waals surface area contributed by atoms with Crippen molar-refractivity contribution in [3.05, 3.63) is 36.0 Å². The molecule has 1 N–H and O–H groups in total. The van der Waals surface area contributed by atoms with Gasteiger partial charge in [0.05, 0.1) is 12.1 Å². The Morgan fingerprint density at radius 3 is 2.47 bits per heavy atom. The summed E-state index contributed by atoms with van der Waals surface area (Å²) in [7, 11) is 0. The fourth-order valence-corrected chi connectivity index (χ4v) is 2.56. The van der Waals surface area contributed by atoms with Crippen molar-refractivity contribution in [3.8, 4) is 12.1 Å². The molecule has 19 heavy (non-hydrogen) atoms. The van der Waals surface area contributed by atoms with Crippen molar-refractivity contribution >= 4 is 10.9 Å². The van der Waals surface area contributed by atoms with Crippen LogP contribution in [0.3, 0.4) is 0 Å². The second-order valence-corrected chi connectivity index (χ2v) is 5.26. The number of nitrogens with zero attached hydrogens (tertiary/aromatic N) is 2. The first kappa shape index (κ1) is 13.2. The van der Waals surface area contributed by atoms with Crippen LogP contribution in [0.1, 0.15) is 31.7 Å². The van der Waals surface area contributed by atoms with Gasteiger partial charge in [-0.05, 0) is 24.0 Å². The Kier molecular flexibility index (Phi) is 3.88. The number of hydrogen-bond donors (Lipinski definition) is 1. The molecular weight excluding hydrogens is 234 g/mol. The van der Waals surface area contributed by atoms with E-state index in [9.17, 15) is 10.5 Å². The zero-order valence-electron chi connectivity index (χ0n) is 11.2. The maximum atomic E-state index is 9.20. The zero-order valence-corrected chi connectivity index (χ0v) is 11.2. The van der Waals surface area contributed by atoms with Crippen LogP contribution in [0.4, 0.5) is 0 Å². The molecule has 0 amide bonds. The summed E-state index contributed by atoms with van der Waals surface area (Å²) in [6.45, 7) is 4.24. The normalized spacial score (nSPS) is 12.5. The molecule has 1 aromatic heterocycles. The maximum Gasteiger partial charge on any atom is 0.140 e. The molecule has 0 spiro atoms. The Hall–Kier alpha value is -2.26. The van der Waals surface area contributed by atoms with Crippen LogP contribution in [-0.2, 0) is 0 Å². The lowest BCUT2D eigenvalue weighted by molar-refractivity contribution is 0.468. The molecule has 2 rings (SSSR count). The van der Waals surface area contributed by atoms with E-state index in [0.717, 1.165) is 22.9 Å². The third kappa shape index (κ3) is 2.61. The van der Waals surface area contributed by atoms with Crippen molar-refractivity contribution in [3.63, 3.8) is 0 Å². The van der Waals surface area contributed by atoms with Crippen molar-refractivity contribution < 1.29 is 0 Å². The lowest BCUT2D eigenvalue weighted by atomic mass is 9.81. The van der Waals surface area contributed by atoms with Gasteiger partial charge in [0.2, 0.25) is 0 Å². The highest BCUT2D eigenvalue weighted by Crippen LogP contribution is 2.35. The molecule has 0 radical (unpaired) electrons. The summed E-state index contributed by atoms with van der Waals surface area (Å²) >= 11 is 0. The van der Waals surface area contributed by atoms with E-state index in [1.54, 1.807) is 0 Å². The summed E-state index contributed by atoms with van der Waals surface area (Å²) in [4.78, 5) is 3.23. The monoisotopic (exact) mass is 251 g/mol. The third-order valence-electron chi connectivity index (χ3n) is 3.43. The first-order chi connectivity index (χ1) is 9.17. The van der Waals surface area contributed by atoms with Crippen LogP contribution in [0.25, 0.3) is 10.9 Å². The first-order valence-corrected chi connectivity index (χ1v) is 6.52. The molecule has 3 heteroatoms. The SMILES string of the molecule is CC(C)CC(c1c[nH]c2ccccc12)C(C#N)C#N. The fourth-order valence-electron chi connectivity index (χ4n) is 2.56.